The maximum Gasteiger partial charge on any atom is 0.418 e. The van der Waals surface area contributed by atoms with Crippen molar-refractivity contribution in [2.75, 3.05) is 11.6 Å². The Labute approximate surface area is 145 Å². The number of hydrogen-bond donors (Lipinski definition) is 2. The van der Waals surface area contributed by atoms with Gasteiger partial charge in [0.2, 0.25) is 0 Å². The van der Waals surface area contributed by atoms with E-state index in [1.807, 2.05) is 0 Å². The van der Waals surface area contributed by atoms with E-state index in [0.717, 1.165) is 6.07 Å². The lowest BCUT2D eigenvalue weighted by atomic mass is 9.85. The molecule has 2 heterocycles. The van der Waals surface area contributed by atoms with Crippen LogP contribution < -0.4 is 4.90 Å². The molecule has 1 atom stereocenters. The number of phenolic OH excluding ortho intramolecular Hbond substituents is 1. The molecule has 0 spiro atoms. The molecule has 0 radical (unpaired) electrons. The van der Waals surface area contributed by atoms with Gasteiger partial charge in [0, 0.05) is 29.3 Å². The number of benzene rings is 1. The van der Waals surface area contributed by atoms with E-state index < -0.39 is 28.7 Å². The van der Waals surface area contributed by atoms with Crippen molar-refractivity contribution in [3.8, 4) is 5.75 Å². The summed E-state index contributed by atoms with van der Waals surface area (Å²) in [5.74, 6) is -0.580. The van der Waals surface area contributed by atoms with Crippen LogP contribution in [-0.4, -0.2) is 34.0 Å². The van der Waals surface area contributed by atoms with Gasteiger partial charge in [-0.1, -0.05) is 0 Å². The summed E-state index contributed by atoms with van der Waals surface area (Å²) in [7, 11) is 0. The molecule has 0 amide bonds. The van der Waals surface area contributed by atoms with Gasteiger partial charge < -0.3 is 20.0 Å². The second-order valence-corrected chi connectivity index (χ2v) is 6.75. The van der Waals surface area contributed by atoms with Crippen LogP contribution in [0.1, 0.15) is 24.5 Å². The van der Waals surface area contributed by atoms with E-state index in [-0.39, 0.29) is 23.5 Å². The standard InChI is InChI=1S/C15H14F3N3O3S/c1-14(3-6-22)11-10(25-21(14)24)7-9(23)13(12(11)15(16,17)18)20-5-2-4-19-8-20/h2,4-7,23-24H,3,8H2,1H3. The summed E-state index contributed by atoms with van der Waals surface area (Å²) in [5, 5.41) is 20.4. The summed E-state index contributed by atoms with van der Waals surface area (Å²) < 4.78 is 42.5. The molecule has 2 aliphatic rings. The smallest absolute Gasteiger partial charge is 0.418 e. The molecule has 0 bridgehead atoms. The zero-order valence-corrected chi connectivity index (χ0v) is 13.8. The van der Waals surface area contributed by atoms with Crippen molar-refractivity contribution in [2.45, 2.75) is 30.0 Å². The molecule has 0 aliphatic carbocycles. The zero-order chi connectivity index (χ0) is 18.4. The predicted octanol–water partition coefficient (Wildman–Crippen LogP) is 3.29. The Hall–Kier alpha value is -2.04. The van der Waals surface area contributed by atoms with Crippen molar-refractivity contribution in [3.63, 3.8) is 0 Å². The van der Waals surface area contributed by atoms with Crippen LogP contribution in [0, 0.1) is 0 Å². The van der Waals surface area contributed by atoms with Crippen molar-refractivity contribution in [2.24, 2.45) is 4.99 Å². The van der Waals surface area contributed by atoms with E-state index >= 15 is 0 Å². The molecule has 25 heavy (non-hydrogen) atoms. The average Bonchev–Trinajstić information content (AvgIpc) is 2.77. The van der Waals surface area contributed by atoms with E-state index in [0.29, 0.717) is 22.7 Å². The zero-order valence-electron chi connectivity index (χ0n) is 13.0. The fourth-order valence-corrected chi connectivity index (χ4v) is 4.10. The molecule has 134 valence electrons. The Morgan fingerprint density at radius 2 is 2.20 bits per heavy atom. The van der Waals surface area contributed by atoms with E-state index in [4.69, 9.17) is 0 Å². The highest BCUT2D eigenvalue weighted by Crippen LogP contribution is 2.57. The first-order valence-corrected chi connectivity index (χ1v) is 7.99. The number of carbonyl (C=O) groups excluding carboxylic acids is 1. The number of aromatic hydroxyl groups is 1. The predicted molar refractivity (Wildman–Crippen MR) is 85.6 cm³/mol. The Morgan fingerprint density at radius 1 is 1.48 bits per heavy atom. The van der Waals surface area contributed by atoms with Crippen LogP contribution in [0.4, 0.5) is 18.9 Å². The van der Waals surface area contributed by atoms with Gasteiger partial charge >= 0.3 is 6.18 Å². The highest BCUT2D eigenvalue weighted by molar-refractivity contribution is 7.97. The minimum absolute atomic E-state index is 0.0462. The summed E-state index contributed by atoms with van der Waals surface area (Å²) in [6, 6.07) is 1.16. The Bertz CT molecular complexity index is 782. The van der Waals surface area contributed by atoms with Gasteiger partial charge in [-0.3, -0.25) is 4.99 Å². The number of hydroxylamine groups is 1. The van der Waals surface area contributed by atoms with Gasteiger partial charge in [0.15, 0.2) is 0 Å². The minimum Gasteiger partial charge on any atom is -0.506 e. The number of hydrogen-bond acceptors (Lipinski definition) is 7. The molecule has 0 saturated carbocycles. The van der Waals surface area contributed by atoms with Crippen molar-refractivity contribution in [1.29, 1.82) is 0 Å². The molecule has 2 N–H and O–H groups in total. The van der Waals surface area contributed by atoms with Crippen molar-refractivity contribution >= 4 is 30.1 Å². The SMILES string of the molecule is CC1(CC=O)c2c(cc(O)c(N3C=CC=NC3)c2C(F)(F)F)SN1O. The van der Waals surface area contributed by atoms with Crippen LogP contribution in [0.25, 0.3) is 0 Å². The van der Waals surface area contributed by atoms with Gasteiger partial charge in [-0.15, -0.1) is 4.47 Å². The first-order chi connectivity index (χ1) is 11.7. The number of anilines is 1. The number of nitrogens with zero attached hydrogens (tertiary/aromatic N) is 3. The maximum absolute atomic E-state index is 14.0. The molecule has 6 nitrogen and oxygen atoms in total. The largest absolute Gasteiger partial charge is 0.506 e. The highest BCUT2D eigenvalue weighted by atomic mass is 32.2. The average molecular weight is 373 g/mol. The van der Waals surface area contributed by atoms with Crippen molar-refractivity contribution in [3.05, 3.63) is 29.5 Å². The lowest BCUT2D eigenvalue weighted by molar-refractivity contribution is -0.142. The van der Waals surface area contributed by atoms with Crippen LogP contribution >= 0.6 is 11.9 Å². The Balaban J connectivity index is 2.32. The monoisotopic (exact) mass is 373 g/mol. The molecule has 0 saturated heterocycles. The number of allylic oxidation sites excluding steroid dienone is 1. The number of alkyl halides is 3. The third kappa shape index (κ3) is 2.79. The van der Waals surface area contributed by atoms with Crippen LogP contribution in [-0.2, 0) is 16.5 Å². The number of rotatable bonds is 3. The topological polar surface area (TPSA) is 76.4 Å². The molecule has 1 unspecified atom stereocenters. The van der Waals surface area contributed by atoms with Gasteiger partial charge in [-0.05, 0) is 31.0 Å². The number of halogens is 3. The third-order valence-electron chi connectivity index (χ3n) is 4.13. The van der Waals surface area contributed by atoms with Crippen LogP contribution in [0.5, 0.6) is 5.75 Å². The molecule has 3 rings (SSSR count). The molecule has 0 aromatic heterocycles. The third-order valence-corrected chi connectivity index (χ3v) is 5.23. The summed E-state index contributed by atoms with van der Waals surface area (Å²) in [6.07, 6.45) is -0.436. The molecular formula is C15H14F3N3O3S. The normalized spacial score (nSPS) is 23.2. The van der Waals surface area contributed by atoms with E-state index in [1.165, 1.54) is 30.3 Å². The number of phenols is 1. The van der Waals surface area contributed by atoms with Crippen molar-refractivity contribution < 1.29 is 28.3 Å². The van der Waals surface area contributed by atoms with Gasteiger partial charge in [0.1, 0.15) is 18.7 Å². The fourth-order valence-electron chi connectivity index (χ4n) is 2.97. The number of aldehydes is 1. The quantitative estimate of drug-likeness (QED) is 0.626. The molecule has 0 fully saturated rings. The van der Waals surface area contributed by atoms with Gasteiger partial charge in [-0.25, -0.2) is 0 Å². The molecule has 10 heteroatoms. The van der Waals surface area contributed by atoms with E-state index in [2.05, 4.69) is 4.99 Å². The Kier molecular flexibility index (Phi) is 4.30. The second kappa shape index (κ2) is 6.04. The van der Waals surface area contributed by atoms with E-state index in [9.17, 15) is 28.3 Å². The highest BCUT2D eigenvalue weighted by Gasteiger charge is 2.51. The first-order valence-electron chi connectivity index (χ1n) is 7.21. The molecule has 1 aromatic rings. The summed E-state index contributed by atoms with van der Waals surface area (Å²) in [6.45, 7) is 1.26. The van der Waals surface area contributed by atoms with Gasteiger partial charge in [-0.2, -0.15) is 13.2 Å². The van der Waals surface area contributed by atoms with Gasteiger partial charge in [0.25, 0.3) is 0 Å². The summed E-state index contributed by atoms with van der Waals surface area (Å²) in [5.41, 5.74) is -3.35. The second-order valence-electron chi connectivity index (χ2n) is 5.78. The summed E-state index contributed by atoms with van der Waals surface area (Å²) in [4.78, 5) is 16.1. The first kappa shape index (κ1) is 17.8. The van der Waals surface area contributed by atoms with E-state index in [1.54, 1.807) is 0 Å². The molecule has 1 aromatic carbocycles. The Morgan fingerprint density at radius 3 is 2.76 bits per heavy atom. The van der Waals surface area contributed by atoms with Gasteiger partial charge in [0.05, 0.1) is 16.8 Å². The lowest BCUT2D eigenvalue weighted by Gasteiger charge is -2.32. The van der Waals surface area contributed by atoms with Crippen molar-refractivity contribution in [1.82, 2.24) is 4.47 Å². The number of fused-ring (bicyclic) bond motifs is 1. The number of carbonyl (C=O) groups is 1. The summed E-state index contributed by atoms with van der Waals surface area (Å²) >= 11 is 0.642. The molecular weight excluding hydrogens is 359 g/mol. The van der Waals surface area contributed by atoms with Crippen LogP contribution in [0.15, 0.2) is 28.2 Å². The number of aliphatic imine (C=N–C) groups is 1. The maximum atomic E-state index is 14.0. The minimum atomic E-state index is -4.82. The van der Waals surface area contributed by atoms with Crippen LogP contribution in [0.2, 0.25) is 0 Å². The fraction of sp³-hybridized carbons (Fsp3) is 0.333. The lowest BCUT2D eigenvalue weighted by Crippen LogP contribution is -2.36. The molecule has 2 aliphatic heterocycles. The van der Waals surface area contributed by atoms with Crippen LogP contribution in [0.3, 0.4) is 0 Å².